The van der Waals surface area contributed by atoms with Crippen molar-refractivity contribution in [2.45, 2.75) is 39.3 Å². The number of hydrogen-bond donors (Lipinski definition) is 2. The molecule has 1 saturated heterocycles. The van der Waals surface area contributed by atoms with E-state index in [9.17, 15) is 9.59 Å². The van der Waals surface area contributed by atoms with Crippen LogP contribution < -0.4 is 11.1 Å². The number of likely N-dealkylation sites (tertiary alicyclic amines) is 1. The fraction of sp³-hybridized carbons (Fsp3) is 0.600. The lowest BCUT2D eigenvalue weighted by atomic mass is 10.0. The zero-order valence-corrected chi connectivity index (χ0v) is 12.6. The van der Waals surface area contributed by atoms with Crippen LogP contribution in [0.5, 0.6) is 0 Å². The van der Waals surface area contributed by atoms with Gasteiger partial charge in [0, 0.05) is 25.0 Å². The van der Waals surface area contributed by atoms with E-state index in [4.69, 9.17) is 10.2 Å². The normalized spacial score (nSPS) is 16.3. The fourth-order valence-corrected chi connectivity index (χ4v) is 2.35. The predicted octanol–water partition coefficient (Wildman–Crippen LogP) is 1.12. The Balaban J connectivity index is 1.86. The standard InChI is InChI=1S/C15H23N3O3/c1-10(2)14(19)17-11-5-7-18(8-6-11)15(20)13-4-3-12(9-16)21-13/h3-4,10-11H,5-9,16H2,1-2H3,(H,17,19). The van der Waals surface area contributed by atoms with Crippen molar-refractivity contribution < 1.29 is 14.0 Å². The van der Waals surface area contributed by atoms with Crippen LogP contribution in [0.2, 0.25) is 0 Å². The zero-order valence-electron chi connectivity index (χ0n) is 12.6. The maximum absolute atomic E-state index is 12.3. The molecule has 0 aliphatic carbocycles. The minimum atomic E-state index is -0.108. The van der Waals surface area contributed by atoms with Gasteiger partial charge in [0.15, 0.2) is 5.76 Å². The molecule has 1 fully saturated rings. The number of hydrogen-bond acceptors (Lipinski definition) is 4. The van der Waals surface area contributed by atoms with E-state index < -0.39 is 0 Å². The van der Waals surface area contributed by atoms with Crippen LogP contribution in [0.15, 0.2) is 16.5 Å². The van der Waals surface area contributed by atoms with Gasteiger partial charge in [0.05, 0.1) is 6.54 Å². The monoisotopic (exact) mass is 293 g/mol. The van der Waals surface area contributed by atoms with Gasteiger partial charge in [-0.3, -0.25) is 9.59 Å². The number of furan rings is 1. The number of nitrogens with one attached hydrogen (secondary N) is 1. The smallest absolute Gasteiger partial charge is 0.289 e. The Hall–Kier alpha value is -1.82. The van der Waals surface area contributed by atoms with Crippen LogP contribution in [0, 0.1) is 5.92 Å². The lowest BCUT2D eigenvalue weighted by Crippen LogP contribution is -2.47. The number of amides is 2. The van der Waals surface area contributed by atoms with Gasteiger partial charge in [-0.1, -0.05) is 13.8 Å². The van der Waals surface area contributed by atoms with Crippen molar-refractivity contribution in [1.29, 1.82) is 0 Å². The maximum atomic E-state index is 12.3. The summed E-state index contributed by atoms with van der Waals surface area (Å²) >= 11 is 0. The van der Waals surface area contributed by atoms with Crippen molar-refractivity contribution in [3.05, 3.63) is 23.7 Å². The second-order valence-corrected chi connectivity index (χ2v) is 5.70. The van der Waals surface area contributed by atoms with Gasteiger partial charge in [0.25, 0.3) is 5.91 Å². The third-order valence-corrected chi connectivity index (χ3v) is 3.73. The summed E-state index contributed by atoms with van der Waals surface area (Å²) in [6, 6.07) is 3.54. The van der Waals surface area contributed by atoms with Crippen molar-refractivity contribution >= 4 is 11.8 Å². The summed E-state index contributed by atoms with van der Waals surface area (Å²) in [7, 11) is 0. The summed E-state index contributed by atoms with van der Waals surface area (Å²) in [4.78, 5) is 25.7. The topological polar surface area (TPSA) is 88.6 Å². The van der Waals surface area contributed by atoms with Crippen molar-refractivity contribution in [3.8, 4) is 0 Å². The van der Waals surface area contributed by atoms with E-state index >= 15 is 0 Å². The molecular weight excluding hydrogens is 270 g/mol. The Morgan fingerprint density at radius 2 is 2.05 bits per heavy atom. The van der Waals surface area contributed by atoms with E-state index in [0.29, 0.717) is 24.6 Å². The Morgan fingerprint density at radius 3 is 2.57 bits per heavy atom. The predicted molar refractivity (Wildman–Crippen MR) is 78.5 cm³/mol. The second-order valence-electron chi connectivity index (χ2n) is 5.70. The Labute approximate surface area is 124 Å². The molecule has 6 heteroatoms. The van der Waals surface area contributed by atoms with Crippen LogP contribution in [0.3, 0.4) is 0 Å². The van der Waals surface area contributed by atoms with Crippen LogP contribution in [0.25, 0.3) is 0 Å². The van der Waals surface area contributed by atoms with Crippen molar-refractivity contribution in [2.24, 2.45) is 11.7 Å². The molecule has 3 N–H and O–H groups in total. The van der Waals surface area contributed by atoms with E-state index in [0.717, 1.165) is 12.8 Å². The molecule has 1 aliphatic rings. The molecule has 2 heterocycles. The molecule has 0 radical (unpaired) electrons. The third-order valence-electron chi connectivity index (χ3n) is 3.73. The van der Waals surface area contributed by atoms with Crippen molar-refractivity contribution in [2.75, 3.05) is 13.1 Å². The molecular formula is C15H23N3O3. The number of nitrogens with two attached hydrogens (primary N) is 1. The molecule has 1 aliphatic heterocycles. The molecule has 116 valence electrons. The second kappa shape index (κ2) is 6.76. The number of rotatable bonds is 4. The van der Waals surface area contributed by atoms with Gasteiger partial charge >= 0.3 is 0 Å². The molecule has 1 aromatic heterocycles. The van der Waals surface area contributed by atoms with Crippen LogP contribution in [-0.4, -0.2) is 35.8 Å². The fourth-order valence-electron chi connectivity index (χ4n) is 2.35. The molecule has 0 spiro atoms. The van der Waals surface area contributed by atoms with Crippen molar-refractivity contribution in [1.82, 2.24) is 10.2 Å². The molecule has 0 bridgehead atoms. The summed E-state index contributed by atoms with van der Waals surface area (Å²) in [5, 5.41) is 3.01. The molecule has 0 aromatic carbocycles. The first-order valence-electron chi connectivity index (χ1n) is 7.39. The van der Waals surface area contributed by atoms with Gasteiger partial charge in [-0.05, 0) is 25.0 Å². The maximum Gasteiger partial charge on any atom is 0.289 e. The van der Waals surface area contributed by atoms with Crippen molar-refractivity contribution in [3.63, 3.8) is 0 Å². The SMILES string of the molecule is CC(C)C(=O)NC1CCN(C(=O)c2ccc(CN)o2)CC1. The molecule has 2 rings (SSSR count). The van der Waals surface area contributed by atoms with Gasteiger partial charge in [-0.2, -0.15) is 0 Å². The average molecular weight is 293 g/mol. The minimum Gasteiger partial charge on any atom is -0.455 e. The lowest BCUT2D eigenvalue weighted by molar-refractivity contribution is -0.124. The largest absolute Gasteiger partial charge is 0.455 e. The first-order valence-corrected chi connectivity index (χ1v) is 7.39. The quantitative estimate of drug-likeness (QED) is 0.870. The summed E-state index contributed by atoms with van der Waals surface area (Å²) < 4.78 is 5.38. The van der Waals surface area contributed by atoms with E-state index in [1.807, 2.05) is 13.8 Å². The van der Waals surface area contributed by atoms with E-state index in [2.05, 4.69) is 5.32 Å². The van der Waals surface area contributed by atoms with E-state index in [1.54, 1.807) is 17.0 Å². The molecule has 0 saturated carbocycles. The van der Waals surface area contributed by atoms with Crippen LogP contribution in [0.4, 0.5) is 0 Å². The van der Waals surface area contributed by atoms with Gasteiger partial charge in [-0.25, -0.2) is 0 Å². The highest BCUT2D eigenvalue weighted by molar-refractivity contribution is 5.91. The van der Waals surface area contributed by atoms with Gasteiger partial charge < -0.3 is 20.4 Å². The highest BCUT2D eigenvalue weighted by Gasteiger charge is 2.26. The Bertz CT molecular complexity index is 502. The zero-order chi connectivity index (χ0) is 15.4. The number of carbonyl (C=O) groups is 2. The summed E-state index contributed by atoms with van der Waals surface area (Å²) in [6.07, 6.45) is 1.54. The Morgan fingerprint density at radius 1 is 1.38 bits per heavy atom. The molecule has 21 heavy (non-hydrogen) atoms. The Kier molecular flexibility index (Phi) is 5.01. The molecule has 0 atom stereocenters. The molecule has 1 aromatic rings. The number of piperidine rings is 1. The summed E-state index contributed by atoms with van der Waals surface area (Å²) in [6.45, 7) is 5.29. The third kappa shape index (κ3) is 3.85. The summed E-state index contributed by atoms with van der Waals surface area (Å²) in [5.41, 5.74) is 5.47. The first kappa shape index (κ1) is 15.6. The highest BCUT2D eigenvalue weighted by atomic mass is 16.4. The minimum absolute atomic E-state index is 0.0116. The summed E-state index contributed by atoms with van der Waals surface area (Å²) in [5.74, 6) is 0.891. The number of nitrogens with zero attached hydrogens (tertiary/aromatic N) is 1. The van der Waals surface area contributed by atoms with Gasteiger partial charge in [0.1, 0.15) is 5.76 Å². The van der Waals surface area contributed by atoms with E-state index in [-0.39, 0.29) is 30.3 Å². The van der Waals surface area contributed by atoms with Gasteiger partial charge in [-0.15, -0.1) is 0 Å². The number of carbonyl (C=O) groups excluding carboxylic acids is 2. The first-order chi connectivity index (χ1) is 10.0. The van der Waals surface area contributed by atoms with Gasteiger partial charge in [0.2, 0.25) is 5.91 Å². The van der Waals surface area contributed by atoms with Crippen LogP contribution >= 0.6 is 0 Å². The molecule has 2 amide bonds. The van der Waals surface area contributed by atoms with Crippen LogP contribution in [-0.2, 0) is 11.3 Å². The molecule has 0 unspecified atom stereocenters. The van der Waals surface area contributed by atoms with Crippen LogP contribution in [0.1, 0.15) is 43.0 Å². The van der Waals surface area contributed by atoms with E-state index in [1.165, 1.54) is 0 Å². The average Bonchev–Trinajstić information content (AvgIpc) is 2.96. The lowest BCUT2D eigenvalue weighted by Gasteiger charge is -2.32. The molecule has 6 nitrogen and oxygen atoms in total. The highest BCUT2D eigenvalue weighted by Crippen LogP contribution is 2.16.